The van der Waals surface area contributed by atoms with Crippen LogP contribution in [-0.2, 0) is 6.54 Å². The van der Waals surface area contributed by atoms with Gasteiger partial charge in [-0.1, -0.05) is 55.8 Å². The fourth-order valence-corrected chi connectivity index (χ4v) is 5.34. The number of para-hydroxylation sites is 2. The second-order valence-electron chi connectivity index (χ2n) is 10.1. The van der Waals surface area contributed by atoms with Gasteiger partial charge in [0.2, 0.25) is 5.89 Å². The van der Waals surface area contributed by atoms with Crippen LogP contribution < -0.4 is 5.32 Å². The molecule has 0 radical (unpaired) electrons. The lowest BCUT2D eigenvalue weighted by Crippen LogP contribution is -2.50. The van der Waals surface area contributed by atoms with Gasteiger partial charge in [0.1, 0.15) is 11.3 Å². The third-order valence-electron chi connectivity index (χ3n) is 7.47. The van der Waals surface area contributed by atoms with Gasteiger partial charge in [0, 0.05) is 37.4 Å². The minimum absolute atomic E-state index is 0.122. The van der Waals surface area contributed by atoms with Crippen LogP contribution in [0.4, 0.5) is 14.9 Å². The van der Waals surface area contributed by atoms with Crippen LogP contribution in [0.2, 0.25) is 0 Å². The molecule has 5 rings (SSSR count). The Morgan fingerprint density at radius 2 is 1.84 bits per heavy atom. The van der Waals surface area contributed by atoms with Crippen molar-refractivity contribution in [2.24, 2.45) is 0 Å². The number of carbonyl (C=O) groups excluding carboxylic acids is 1. The first-order chi connectivity index (χ1) is 18.5. The highest BCUT2D eigenvalue weighted by molar-refractivity contribution is 5.90. The van der Waals surface area contributed by atoms with Gasteiger partial charge >= 0.3 is 6.03 Å². The second kappa shape index (κ2) is 11.8. The Morgan fingerprint density at radius 3 is 2.58 bits per heavy atom. The number of hydrogen-bond acceptors (Lipinski definition) is 4. The number of aromatic nitrogens is 1. The van der Waals surface area contributed by atoms with Crippen molar-refractivity contribution in [2.75, 3.05) is 18.4 Å². The number of piperidine rings is 1. The Labute approximate surface area is 223 Å². The van der Waals surface area contributed by atoms with E-state index in [0.29, 0.717) is 29.4 Å². The molecule has 2 heterocycles. The Bertz CT molecular complexity index is 1330. The van der Waals surface area contributed by atoms with Gasteiger partial charge in [-0.15, -0.1) is 0 Å². The number of urea groups is 1. The SMILES string of the molecule is CCCC(C)N1CCC(N(Cc2ccccc2)C(=O)Nc2ccc(F)c(-c3nc4ccccc4o3)c2)CC1. The minimum atomic E-state index is -0.454. The fraction of sp³-hybridized carbons (Fsp3) is 0.355. The van der Waals surface area contributed by atoms with Crippen LogP contribution in [0.15, 0.2) is 77.2 Å². The Kier molecular flexibility index (Phi) is 8.03. The summed E-state index contributed by atoms with van der Waals surface area (Å²) in [6.07, 6.45) is 4.20. The summed E-state index contributed by atoms with van der Waals surface area (Å²) < 4.78 is 20.6. The molecule has 1 aliphatic heterocycles. The van der Waals surface area contributed by atoms with Crippen LogP contribution in [0, 0.1) is 5.82 Å². The molecular weight excluding hydrogens is 479 g/mol. The lowest BCUT2D eigenvalue weighted by molar-refractivity contribution is 0.0989. The third-order valence-corrected chi connectivity index (χ3v) is 7.47. The van der Waals surface area contributed by atoms with Crippen LogP contribution in [0.25, 0.3) is 22.6 Å². The van der Waals surface area contributed by atoms with Gasteiger partial charge in [-0.05, 0) is 62.1 Å². The summed E-state index contributed by atoms with van der Waals surface area (Å²) in [5.74, 6) is -0.265. The highest BCUT2D eigenvalue weighted by Crippen LogP contribution is 2.29. The molecule has 0 aliphatic carbocycles. The number of oxazole rings is 1. The topological polar surface area (TPSA) is 61.6 Å². The monoisotopic (exact) mass is 514 g/mol. The van der Waals surface area contributed by atoms with Gasteiger partial charge in [0.05, 0.1) is 5.56 Å². The van der Waals surface area contributed by atoms with E-state index in [2.05, 4.69) is 29.0 Å². The largest absolute Gasteiger partial charge is 0.436 e. The maximum Gasteiger partial charge on any atom is 0.322 e. The average Bonchev–Trinajstić information content (AvgIpc) is 3.38. The summed E-state index contributed by atoms with van der Waals surface area (Å²) >= 11 is 0. The van der Waals surface area contributed by atoms with E-state index < -0.39 is 5.82 Å². The number of nitrogens with one attached hydrogen (secondary N) is 1. The molecule has 1 saturated heterocycles. The first-order valence-electron chi connectivity index (χ1n) is 13.5. The molecule has 0 saturated carbocycles. The molecule has 0 spiro atoms. The smallest absolute Gasteiger partial charge is 0.322 e. The van der Waals surface area contributed by atoms with Crippen LogP contribution in [0.1, 0.15) is 45.1 Å². The number of likely N-dealkylation sites (tertiary alicyclic amines) is 1. The molecule has 198 valence electrons. The van der Waals surface area contributed by atoms with Crippen LogP contribution in [0.5, 0.6) is 0 Å². The Balaban J connectivity index is 1.35. The van der Waals surface area contributed by atoms with Gasteiger partial charge < -0.3 is 19.5 Å². The van der Waals surface area contributed by atoms with Crippen molar-refractivity contribution in [3.63, 3.8) is 0 Å². The standard InChI is InChI=1S/C31H35FN4O2/c1-3-9-22(2)35-18-16-25(17-19-35)36(21-23-10-5-4-6-11-23)31(37)33-24-14-15-27(32)26(20-24)30-34-28-12-7-8-13-29(28)38-30/h4-8,10-15,20,22,25H,3,9,16-19,21H2,1-2H3,(H,33,37). The van der Waals surface area contributed by atoms with Gasteiger partial charge in [-0.3, -0.25) is 0 Å². The number of amides is 2. The molecule has 38 heavy (non-hydrogen) atoms. The van der Waals surface area contributed by atoms with E-state index in [9.17, 15) is 9.18 Å². The average molecular weight is 515 g/mol. The maximum absolute atomic E-state index is 14.8. The van der Waals surface area contributed by atoms with Crippen molar-refractivity contribution >= 4 is 22.8 Å². The zero-order valence-corrected chi connectivity index (χ0v) is 22.1. The Hall–Kier alpha value is -3.71. The van der Waals surface area contributed by atoms with Crippen molar-refractivity contribution in [1.29, 1.82) is 0 Å². The molecule has 1 unspecified atom stereocenters. The third kappa shape index (κ3) is 5.89. The number of anilines is 1. The molecule has 1 aromatic heterocycles. The van der Waals surface area contributed by atoms with Crippen molar-refractivity contribution < 1.29 is 13.6 Å². The summed E-state index contributed by atoms with van der Waals surface area (Å²) in [5.41, 5.74) is 3.04. The summed E-state index contributed by atoms with van der Waals surface area (Å²) in [6, 6.07) is 22.4. The molecule has 0 bridgehead atoms. The molecule has 2 amide bonds. The number of nitrogens with zero attached hydrogens (tertiary/aromatic N) is 3. The van der Waals surface area contributed by atoms with Gasteiger partial charge in [-0.25, -0.2) is 14.2 Å². The number of benzene rings is 3. The highest BCUT2D eigenvalue weighted by Gasteiger charge is 2.30. The quantitative estimate of drug-likeness (QED) is 0.268. The van der Waals surface area contributed by atoms with Crippen LogP contribution in [-0.4, -0.2) is 46.0 Å². The lowest BCUT2D eigenvalue weighted by atomic mass is 10.00. The number of halogens is 1. The van der Waals surface area contributed by atoms with Gasteiger partial charge in [0.15, 0.2) is 5.58 Å². The number of fused-ring (bicyclic) bond motifs is 1. The van der Waals surface area contributed by atoms with Crippen molar-refractivity contribution in [2.45, 2.75) is 58.2 Å². The number of hydrogen-bond donors (Lipinski definition) is 1. The normalized spacial score (nSPS) is 15.4. The minimum Gasteiger partial charge on any atom is -0.436 e. The van der Waals surface area contributed by atoms with Crippen molar-refractivity contribution in [1.82, 2.24) is 14.8 Å². The zero-order valence-electron chi connectivity index (χ0n) is 22.1. The zero-order chi connectivity index (χ0) is 26.5. The highest BCUT2D eigenvalue weighted by atomic mass is 19.1. The van der Waals surface area contributed by atoms with Crippen LogP contribution >= 0.6 is 0 Å². The molecular formula is C31H35FN4O2. The van der Waals surface area contributed by atoms with E-state index in [4.69, 9.17) is 4.42 Å². The predicted octanol–water partition coefficient (Wildman–Crippen LogP) is 7.32. The molecule has 1 fully saturated rings. The molecule has 1 aliphatic rings. The summed E-state index contributed by atoms with van der Waals surface area (Å²) in [7, 11) is 0. The van der Waals surface area contributed by atoms with Crippen molar-refractivity contribution in [3.8, 4) is 11.5 Å². The van der Waals surface area contributed by atoms with Gasteiger partial charge in [-0.2, -0.15) is 0 Å². The van der Waals surface area contributed by atoms with E-state index >= 15 is 0 Å². The molecule has 3 aromatic carbocycles. The summed E-state index contributed by atoms with van der Waals surface area (Å²) in [5, 5.41) is 3.02. The fourth-order valence-electron chi connectivity index (χ4n) is 5.34. The number of carbonyl (C=O) groups is 1. The maximum atomic E-state index is 14.8. The van der Waals surface area contributed by atoms with Crippen LogP contribution in [0.3, 0.4) is 0 Å². The molecule has 1 atom stereocenters. The first kappa shape index (κ1) is 25.9. The number of rotatable bonds is 8. The lowest BCUT2D eigenvalue weighted by Gasteiger charge is -2.40. The summed E-state index contributed by atoms with van der Waals surface area (Å²) in [4.78, 5) is 22.6. The molecule has 1 N–H and O–H groups in total. The second-order valence-corrected chi connectivity index (χ2v) is 10.1. The summed E-state index contributed by atoms with van der Waals surface area (Å²) in [6.45, 7) is 6.98. The van der Waals surface area contributed by atoms with E-state index in [0.717, 1.165) is 31.5 Å². The molecule has 6 nitrogen and oxygen atoms in total. The van der Waals surface area contributed by atoms with E-state index in [1.807, 2.05) is 53.4 Å². The molecule has 7 heteroatoms. The van der Waals surface area contributed by atoms with Crippen molar-refractivity contribution in [3.05, 3.63) is 84.2 Å². The van der Waals surface area contributed by atoms with E-state index in [1.165, 1.54) is 18.9 Å². The first-order valence-corrected chi connectivity index (χ1v) is 13.5. The van der Waals surface area contributed by atoms with Gasteiger partial charge in [0.25, 0.3) is 0 Å². The van der Waals surface area contributed by atoms with E-state index in [1.54, 1.807) is 18.2 Å². The van der Waals surface area contributed by atoms with E-state index in [-0.39, 0.29) is 23.5 Å². The Morgan fingerprint density at radius 1 is 1.11 bits per heavy atom. The predicted molar refractivity (Wildman–Crippen MR) is 149 cm³/mol. The molecule has 4 aromatic rings.